The number of hydrogen-bond donors (Lipinski definition) is 2. The van der Waals surface area contributed by atoms with Gasteiger partial charge in [-0.25, -0.2) is 0 Å². The first-order valence-corrected chi connectivity index (χ1v) is 6.46. The van der Waals surface area contributed by atoms with E-state index >= 15 is 0 Å². The van der Waals surface area contributed by atoms with Crippen molar-refractivity contribution in [3.8, 4) is 11.8 Å². The fourth-order valence-corrected chi connectivity index (χ4v) is 1.88. The first-order valence-electron chi connectivity index (χ1n) is 6.46. The lowest BCUT2D eigenvalue weighted by Crippen LogP contribution is -2.39. The topological polar surface area (TPSA) is 66.4 Å². The normalized spacial score (nSPS) is 12.7. The molecule has 4 nitrogen and oxygen atoms in total. The molecule has 0 aliphatic carbocycles. The average molecular weight is 273 g/mol. The van der Waals surface area contributed by atoms with Gasteiger partial charge in [0, 0.05) is 19.4 Å². The van der Waals surface area contributed by atoms with Crippen molar-refractivity contribution in [3.05, 3.63) is 35.9 Å². The zero-order valence-corrected chi connectivity index (χ0v) is 11.8. The van der Waals surface area contributed by atoms with Gasteiger partial charge >= 0.3 is 5.97 Å². The van der Waals surface area contributed by atoms with Crippen LogP contribution in [0.25, 0.3) is 0 Å². The molecule has 20 heavy (non-hydrogen) atoms. The second kappa shape index (κ2) is 7.34. The number of nitrogens with one attached hydrogen (secondary N) is 1. The summed E-state index contributed by atoms with van der Waals surface area (Å²) < 4.78 is 0. The van der Waals surface area contributed by atoms with Gasteiger partial charge < -0.3 is 10.4 Å². The maximum atomic E-state index is 11.9. The van der Waals surface area contributed by atoms with Gasteiger partial charge in [-0.15, -0.1) is 11.8 Å². The summed E-state index contributed by atoms with van der Waals surface area (Å²) in [6, 6.07) is 8.81. The van der Waals surface area contributed by atoms with Crippen molar-refractivity contribution in [2.75, 3.05) is 6.54 Å². The van der Waals surface area contributed by atoms with Gasteiger partial charge in [-0.05, 0) is 19.4 Å². The van der Waals surface area contributed by atoms with E-state index in [1.54, 1.807) is 38.1 Å². The van der Waals surface area contributed by atoms with E-state index in [2.05, 4.69) is 17.2 Å². The molecule has 1 amide bonds. The van der Waals surface area contributed by atoms with Gasteiger partial charge in [0.25, 0.3) is 0 Å². The molecule has 0 saturated heterocycles. The van der Waals surface area contributed by atoms with Gasteiger partial charge in [-0.1, -0.05) is 30.3 Å². The quantitative estimate of drug-likeness (QED) is 0.615. The van der Waals surface area contributed by atoms with Gasteiger partial charge in [-0.2, -0.15) is 0 Å². The molecular weight excluding hydrogens is 254 g/mol. The molecule has 1 atom stereocenters. The van der Waals surface area contributed by atoms with Crippen LogP contribution in [0.2, 0.25) is 0 Å². The highest BCUT2D eigenvalue weighted by Gasteiger charge is 2.37. The van der Waals surface area contributed by atoms with Crippen molar-refractivity contribution in [2.24, 2.45) is 0 Å². The van der Waals surface area contributed by atoms with Crippen LogP contribution < -0.4 is 5.32 Å². The Hall–Kier alpha value is -2.28. The molecule has 0 aliphatic rings. The summed E-state index contributed by atoms with van der Waals surface area (Å²) in [4.78, 5) is 23.4. The lowest BCUT2D eigenvalue weighted by molar-refractivity contribution is -0.145. The zero-order valence-electron chi connectivity index (χ0n) is 11.8. The predicted octanol–water partition coefficient (Wildman–Crippen LogP) is 1.95. The largest absolute Gasteiger partial charge is 0.481 e. The van der Waals surface area contributed by atoms with Gasteiger partial charge in [0.1, 0.15) is 0 Å². The minimum absolute atomic E-state index is 0.0914. The first kappa shape index (κ1) is 15.8. The molecule has 4 heteroatoms. The van der Waals surface area contributed by atoms with Crippen LogP contribution in [-0.2, 0) is 15.0 Å². The van der Waals surface area contributed by atoms with Crippen LogP contribution in [0, 0.1) is 11.8 Å². The molecule has 0 aromatic heterocycles. The third kappa shape index (κ3) is 4.13. The molecule has 0 radical (unpaired) electrons. The van der Waals surface area contributed by atoms with E-state index in [1.807, 2.05) is 6.07 Å². The molecule has 0 fully saturated rings. The van der Waals surface area contributed by atoms with Crippen molar-refractivity contribution in [2.45, 2.75) is 32.1 Å². The van der Waals surface area contributed by atoms with E-state index in [-0.39, 0.29) is 12.3 Å². The second-order valence-electron chi connectivity index (χ2n) is 4.71. The number of aliphatic carboxylic acids is 1. The lowest BCUT2D eigenvalue weighted by atomic mass is 9.79. The summed E-state index contributed by atoms with van der Waals surface area (Å²) in [5, 5.41) is 12.1. The zero-order chi connectivity index (χ0) is 15.0. The molecule has 2 N–H and O–H groups in total. The minimum atomic E-state index is -1.22. The van der Waals surface area contributed by atoms with E-state index in [9.17, 15) is 14.7 Å². The fourth-order valence-electron chi connectivity index (χ4n) is 1.88. The van der Waals surface area contributed by atoms with Crippen LogP contribution in [0.1, 0.15) is 32.3 Å². The summed E-state index contributed by atoms with van der Waals surface area (Å²) >= 11 is 0. The standard InChI is InChI=1S/C16H19NO3/c1-3-4-8-11-17-14(18)12-16(2,15(19)20)13-9-6-5-7-10-13/h5-7,9-10H,8,11-12H2,1-2H3,(H,17,18)(H,19,20). The SMILES string of the molecule is CC#CCCNC(=O)CC(C)(C(=O)O)c1ccccc1. The highest BCUT2D eigenvalue weighted by atomic mass is 16.4. The molecule has 1 aromatic rings. The maximum Gasteiger partial charge on any atom is 0.314 e. The summed E-state index contributed by atoms with van der Waals surface area (Å²) in [5.41, 5.74) is -0.599. The van der Waals surface area contributed by atoms with Gasteiger partial charge in [0.15, 0.2) is 0 Å². The van der Waals surface area contributed by atoms with Crippen LogP contribution >= 0.6 is 0 Å². The average Bonchev–Trinajstić information content (AvgIpc) is 2.44. The van der Waals surface area contributed by atoms with Crippen LogP contribution in [-0.4, -0.2) is 23.5 Å². The van der Waals surface area contributed by atoms with Crippen molar-refractivity contribution >= 4 is 11.9 Å². The summed E-state index contributed by atoms with van der Waals surface area (Å²) in [5.74, 6) is 4.29. The van der Waals surface area contributed by atoms with E-state index < -0.39 is 11.4 Å². The van der Waals surface area contributed by atoms with Crippen molar-refractivity contribution in [1.82, 2.24) is 5.32 Å². The Labute approximate surface area is 119 Å². The highest BCUT2D eigenvalue weighted by Crippen LogP contribution is 2.27. The number of rotatable bonds is 6. The first-order chi connectivity index (χ1) is 9.50. The van der Waals surface area contributed by atoms with E-state index in [0.717, 1.165) is 0 Å². The Morgan fingerprint density at radius 2 is 1.95 bits per heavy atom. The van der Waals surface area contributed by atoms with Crippen molar-refractivity contribution in [3.63, 3.8) is 0 Å². The number of amides is 1. The Morgan fingerprint density at radius 3 is 2.50 bits per heavy atom. The predicted molar refractivity (Wildman–Crippen MR) is 77.1 cm³/mol. The number of benzene rings is 1. The maximum absolute atomic E-state index is 11.9. The van der Waals surface area contributed by atoms with Gasteiger partial charge in [-0.3, -0.25) is 9.59 Å². The number of carboxylic acids is 1. The van der Waals surface area contributed by atoms with Crippen LogP contribution in [0.15, 0.2) is 30.3 Å². The monoisotopic (exact) mass is 273 g/mol. The molecule has 0 saturated carbocycles. The Morgan fingerprint density at radius 1 is 1.30 bits per heavy atom. The van der Waals surface area contributed by atoms with Gasteiger partial charge in [0.05, 0.1) is 5.41 Å². The highest BCUT2D eigenvalue weighted by molar-refractivity contribution is 5.89. The van der Waals surface area contributed by atoms with Crippen LogP contribution in [0.4, 0.5) is 0 Å². The Kier molecular flexibility index (Phi) is 5.79. The lowest BCUT2D eigenvalue weighted by Gasteiger charge is -2.24. The summed E-state index contributed by atoms with van der Waals surface area (Å²) in [6.45, 7) is 3.74. The number of carbonyl (C=O) groups is 2. The Bertz CT molecular complexity index is 528. The van der Waals surface area contributed by atoms with E-state index in [1.165, 1.54) is 0 Å². The molecule has 106 valence electrons. The molecule has 1 unspecified atom stereocenters. The smallest absolute Gasteiger partial charge is 0.314 e. The van der Waals surface area contributed by atoms with Crippen molar-refractivity contribution in [1.29, 1.82) is 0 Å². The molecule has 1 aromatic carbocycles. The van der Waals surface area contributed by atoms with Crippen molar-refractivity contribution < 1.29 is 14.7 Å². The second-order valence-corrected chi connectivity index (χ2v) is 4.71. The fraction of sp³-hybridized carbons (Fsp3) is 0.375. The number of carbonyl (C=O) groups excluding carboxylic acids is 1. The summed E-state index contributed by atoms with van der Waals surface area (Å²) in [7, 11) is 0. The molecule has 0 spiro atoms. The number of hydrogen-bond acceptors (Lipinski definition) is 2. The minimum Gasteiger partial charge on any atom is -0.481 e. The van der Waals surface area contributed by atoms with Crippen LogP contribution in [0.5, 0.6) is 0 Å². The third-order valence-corrected chi connectivity index (χ3v) is 3.15. The molecule has 0 aliphatic heterocycles. The molecule has 1 rings (SSSR count). The molecule has 0 heterocycles. The van der Waals surface area contributed by atoms with Gasteiger partial charge in [0.2, 0.25) is 5.91 Å². The van der Waals surface area contributed by atoms with E-state index in [4.69, 9.17) is 0 Å². The Balaban J connectivity index is 2.74. The summed E-state index contributed by atoms with van der Waals surface area (Å²) in [6.07, 6.45) is 0.475. The van der Waals surface area contributed by atoms with E-state index in [0.29, 0.717) is 18.5 Å². The third-order valence-electron chi connectivity index (χ3n) is 3.15. The number of carboxylic acid groups (broad SMARTS) is 1. The molecule has 0 bridgehead atoms. The molecular formula is C16H19NO3. The van der Waals surface area contributed by atoms with Crippen LogP contribution in [0.3, 0.4) is 0 Å².